The van der Waals surface area contributed by atoms with Crippen LogP contribution in [0.2, 0.25) is 0 Å². The number of rotatable bonds is 76. The molecule has 97 heavy (non-hydrogen) atoms. The standard InChI is InChI=1S/C78H152O17P2/c1-8-10-11-42-52-59-75(80)88-65-73(94-77(82)62-55-48-41-35-29-28-31-37-44-50-57-70(5)6)67-92-96(84,85)90-63-72(79)64-91-97(86,87)93-68-74(66-89-76(81)60-53-46-39-33-26-22-19-18-21-25-32-38-45-51-58-71(7)9-2)95-78(83)61-54-47-40-34-27-23-17-15-13-12-14-16-20-24-30-36-43-49-56-69(3)4/h69-74,79H,8-68H2,1-7H3,(H,84,85)(H,86,87)/t71?,72-,73+,74+/m0/s1. The predicted molar refractivity (Wildman–Crippen MR) is 395 cm³/mol. The molecule has 0 aliphatic heterocycles. The molecule has 0 aliphatic carbocycles. The highest BCUT2D eigenvalue weighted by Gasteiger charge is 2.30. The van der Waals surface area contributed by atoms with E-state index < -0.39 is 97.5 Å². The van der Waals surface area contributed by atoms with Crippen molar-refractivity contribution in [2.45, 2.75) is 420 Å². The summed E-state index contributed by atoms with van der Waals surface area (Å²) in [7, 11) is -9.90. The van der Waals surface area contributed by atoms with Gasteiger partial charge in [-0.3, -0.25) is 37.3 Å². The summed E-state index contributed by atoms with van der Waals surface area (Å²) in [6, 6.07) is 0. The molecule has 0 bridgehead atoms. The molecule has 0 saturated heterocycles. The lowest BCUT2D eigenvalue weighted by Crippen LogP contribution is -2.30. The highest BCUT2D eigenvalue weighted by atomic mass is 31.2. The molecule has 17 nitrogen and oxygen atoms in total. The van der Waals surface area contributed by atoms with E-state index in [1.807, 2.05) is 0 Å². The monoisotopic (exact) mass is 1420 g/mol. The van der Waals surface area contributed by atoms with Crippen molar-refractivity contribution < 1.29 is 80.2 Å². The molecular formula is C78H152O17P2. The lowest BCUT2D eigenvalue weighted by Gasteiger charge is -2.21. The molecular weight excluding hydrogens is 1270 g/mol. The van der Waals surface area contributed by atoms with Gasteiger partial charge in [-0.2, -0.15) is 0 Å². The zero-order valence-corrected chi connectivity index (χ0v) is 65.3. The Morgan fingerprint density at radius 1 is 0.299 bits per heavy atom. The molecule has 3 N–H and O–H groups in total. The van der Waals surface area contributed by atoms with Crippen LogP contribution < -0.4 is 0 Å². The van der Waals surface area contributed by atoms with E-state index in [9.17, 15) is 43.2 Å². The summed E-state index contributed by atoms with van der Waals surface area (Å²) in [5.41, 5.74) is 0. The fraction of sp³-hybridized carbons (Fsp3) is 0.949. The van der Waals surface area contributed by atoms with Crippen LogP contribution in [-0.2, 0) is 65.4 Å². The fourth-order valence-corrected chi connectivity index (χ4v) is 13.5. The van der Waals surface area contributed by atoms with E-state index in [4.69, 9.17) is 37.0 Å². The molecule has 0 fully saturated rings. The summed E-state index contributed by atoms with van der Waals surface area (Å²) < 4.78 is 68.4. The van der Waals surface area contributed by atoms with Crippen LogP contribution in [0.3, 0.4) is 0 Å². The van der Waals surface area contributed by atoms with Gasteiger partial charge < -0.3 is 33.8 Å². The van der Waals surface area contributed by atoms with Gasteiger partial charge in [-0.25, -0.2) is 9.13 Å². The summed E-state index contributed by atoms with van der Waals surface area (Å²) in [4.78, 5) is 72.6. The van der Waals surface area contributed by atoms with Crippen molar-refractivity contribution >= 4 is 39.5 Å². The van der Waals surface area contributed by atoms with Crippen molar-refractivity contribution in [3.05, 3.63) is 0 Å². The zero-order valence-electron chi connectivity index (χ0n) is 63.5. The van der Waals surface area contributed by atoms with Crippen molar-refractivity contribution in [2.24, 2.45) is 17.8 Å². The SMILES string of the molecule is CCCCCCCC(=O)OC[C@H](COP(=O)(O)OC[C@H](O)COP(=O)(O)OC[C@@H](COC(=O)CCCCCCCCCCCCCCCCC(C)CC)OC(=O)CCCCCCCCCCCCCCCCCCCCC(C)C)OC(=O)CCCCCCCCCCCCC(C)C. The van der Waals surface area contributed by atoms with Gasteiger partial charge in [0, 0.05) is 25.7 Å². The van der Waals surface area contributed by atoms with Crippen molar-refractivity contribution in [1.29, 1.82) is 0 Å². The van der Waals surface area contributed by atoms with Gasteiger partial charge in [-0.1, -0.05) is 350 Å². The first-order chi connectivity index (χ1) is 46.8. The quantitative estimate of drug-likeness (QED) is 0.0222. The second-order valence-corrected chi connectivity index (χ2v) is 32.2. The Hall–Kier alpha value is -1.94. The van der Waals surface area contributed by atoms with E-state index in [1.54, 1.807) is 0 Å². The molecule has 0 aromatic carbocycles. The summed E-state index contributed by atoms with van der Waals surface area (Å²) >= 11 is 0. The summed E-state index contributed by atoms with van der Waals surface area (Å²) in [5, 5.41) is 10.6. The van der Waals surface area contributed by atoms with E-state index in [-0.39, 0.29) is 25.7 Å². The van der Waals surface area contributed by atoms with Crippen LogP contribution in [0.1, 0.15) is 402 Å². The van der Waals surface area contributed by atoms with Crippen LogP contribution in [0.4, 0.5) is 0 Å². The van der Waals surface area contributed by atoms with Crippen LogP contribution in [0, 0.1) is 17.8 Å². The highest BCUT2D eigenvalue weighted by molar-refractivity contribution is 7.47. The predicted octanol–water partition coefficient (Wildman–Crippen LogP) is 23.0. The van der Waals surface area contributed by atoms with Gasteiger partial charge in [-0.15, -0.1) is 0 Å². The number of unbranched alkanes of at least 4 members (excludes halogenated alkanes) is 43. The number of hydrogen-bond donors (Lipinski definition) is 3. The Bertz CT molecular complexity index is 1890. The van der Waals surface area contributed by atoms with E-state index in [2.05, 4.69) is 48.5 Å². The smallest absolute Gasteiger partial charge is 0.462 e. The van der Waals surface area contributed by atoms with Crippen LogP contribution in [0.15, 0.2) is 0 Å². The number of phosphoric ester groups is 2. The number of hydrogen-bond acceptors (Lipinski definition) is 15. The molecule has 0 radical (unpaired) electrons. The minimum absolute atomic E-state index is 0.105. The first kappa shape index (κ1) is 95.1. The topological polar surface area (TPSA) is 237 Å². The lowest BCUT2D eigenvalue weighted by atomic mass is 9.99. The molecule has 0 heterocycles. The third-order valence-corrected chi connectivity index (χ3v) is 20.4. The number of esters is 4. The van der Waals surface area contributed by atoms with E-state index in [1.165, 1.54) is 205 Å². The lowest BCUT2D eigenvalue weighted by molar-refractivity contribution is -0.161. The van der Waals surface area contributed by atoms with E-state index in [0.717, 1.165) is 114 Å². The summed E-state index contributed by atoms with van der Waals surface area (Å²) in [5.74, 6) is 0.296. The van der Waals surface area contributed by atoms with Crippen LogP contribution in [0.25, 0.3) is 0 Å². The van der Waals surface area contributed by atoms with Crippen molar-refractivity contribution in [3.8, 4) is 0 Å². The van der Waals surface area contributed by atoms with Crippen molar-refractivity contribution in [3.63, 3.8) is 0 Å². The Kier molecular flexibility index (Phi) is 67.1. The molecule has 0 saturated carbocycles. The first-order valence-electron chi connectivity index (χ1n) is 40.4. The van der Waals surface area contributed by atoms with Crippen LogP contribution >= 0.6 is 15.6 Å². The van der Waals surface area contributed by atoms with E-state index >= 15 is 0 Å². The first-order valence-corrected chi connectivity index (χ1v) is 43.4. The summed E-state index contributed by atoms with van der Waals surface area (Å²) in [6.45, 7) is 11.9. The maximum atomic E-state index is 13.1. The number of aliphatic hydroxyl groups is 1. The van der Waals surface area contributed by atoms with Crippen LogP contribution in [-0.4, -0.2) is 96.7 Å². The third-order valence-electron chi connectivity index (χ3n) is 18.5. The van der Waals surface area contributed by atoms with Gasteiger partial charge in [0.1, 0.15) is 19.3 Å². The third kappa shape index (κ3) is 70.9. The minimum Gasteiger partial charge on any atom is -0.462 e. The zero-order chi connectivity index (χ0) is 71.6. The Balaban J connectivity index is 5.13. The van der Waals surface area contributed by atoms with Gasteiger partial charge in [0.2, 0.25) is 0 Å². The van der Waals surface area contributed by atoms with Crippen molar-refractivity contribution in [2.75, 3.05) is 39.6 Å². The minimum atomic E-state index is -4.96. The number of ether oxygens (including phenoxy) is 4. The molecule has 0 aromatic rings. The fourth-order valence-electron chi connectivity index (χ4n) is 11.9. The van der Waals surface area contributed by atoms with Gasteiger partial charge >= 0.3 is 39.5 Å². The molecule has 576 valence electrons. The van der Waals surface area contributed by atoms with Gasteiger partial charge in [0.25, 0.3) is 0 Å². The molecule has 3 unspecified atom stereocenters. The average molecular weight is 1420 g/mol. The number of phosphoric acid groups is 2. The molecule has 0 rings (SSSR count). The summed E-state index contributed by atoms with van der Waals surface area (Å²) in [6.07, 6.45) is 55.9. The maximum Gasteiger partial charge on any atom is 0.472 e. The molecule has 0 aliphatic rings. The van der Waals surface area contributed by atoms with Gasteiger partial charge in [0.15, 0.2) is 12.2 Å². The number of carbonyl (C=O) groups is 4. The van der Waals surface area contributed by atoms with Gasteiger partial charge in [0.05, 0.1) is 26.4 Å². The second-order valence-electron chi connectivity index (χ2n) is 29.3. The normalized spacial score (nSPS) is 14.3. The largest absolute Gasteiger partial charge is 0.472 e. The Morgan fingerprint density at radius 3 is 0.784 bits per heavy atom. The number of carbonyl (C=O) groups excluding carboxylic acids is 4. The van der Waals surface area contributed by atoms with Crippen molar-refractivity contribution in [1.82, 2.24) is 0 Å². The highest BCUT2D eigenvalue weighted by Crippen LogP contribution is 2.45. The molecule has 0 amide bonds. The average Bonchev–Trinajstić information content (AvgIpc) is 1.43. The molecule has 0 spiro atoms. The van der Waals surface area contributed by atoms with Crippen LogP contribution in [0.5, 0.6) is 0 Å². The maximum absolute atomic E-state index is 13.1. The Morgan fingerprint density at radius 2 is 0.526 bits per heavy atom. The molecule has 19 heteroatoms. The second kappa shape index (κ2) is 68.5. The Labute approximate surface area is 594 Å². The number of aliphatic hydroxyl groups excluding tert-OH is 1. The molecule has 0 aromatic heterocycles. The molecule has 6 atom stereocenters. The van der Waals surface area contributed by atoms with Gasteiger partial charge in [-0.05, 0) is 43.4 Å². The van der Waals surface area contributed by atoms with E-state index in [0.29, 0.717) is 25.7 Å².